The van der Waals surface area contributed by atoms with Crippen LogP contribution in [0.25, 0.3) is 5.65 Å². The van der Waals surface area contributed by atoms with E-state index < -0.39 is 23.6 Å². The summed E-state index contributed by atoms with van der Waals surface area (Å²) in [4.78, 5) is 28.8. The summed E-state index contributed by atoms with van der Waals surface area (Å²) in [6.45, 7) is 1.74. The Balaban J connectivity index is 1.39. The molecule has 8 heteroatoms. The number of pyridine rings is 1. The second kappa shape index (κ2) is 7.02. The first kappa shape index (κ1) is 19.2. The number of alkyl halides is 3. The fourth-order valence-corrected chi connectivity index (χ4v) is 3.33. The number of esters is 1. The fourth-order valence-electron chi connectivity index (χ4n) is 3.33. The number of rotatable bonds is 4. The molecule has 0 amide bonds. The van der Waals surface area contributed by atoms with Crippen LogP contribution in [0.5, 0.6) is 0 Å². The number of hydrogen-bond donors (Lipinski definition) is 0. The predicted molar refractivity (Wildman–Crippen MR) is 98.3 cm³/mol. The number of aromatic nitrogens is 2. The molecular weight excluding hydrogens is 385 g/mol. The molecule has 2 aromatic heterocycles. The van der Waals surface area contributed by atoms with Crippen LogP contribution in [0.3, 0.4) is 0 Å². The minimum absolute atomic E-state index is 0.130. The molecule has 0 spiro atoms. The van der Waals surface area contributed by atoms with Gasteiger partial charge in [-0.1, -0.05) is 18.2 Å². The molecule has 0 aliphatic heterocycles. The van der Waals surface area contributed by atoms with Gasteiger partial charge in [0.25, 0.3) is 5.56 Å². The van der Waals surface area contributed by atoms with E-state index in [-0.39, 0.29) is 18.1 Å². The molecule has 0 N–H and O–H groups in total. The summed E-state index contributed by atoms with van der Waals surface area (Å²) in [6.07, 6.45) is -2.18. The van der Waals surface area contributed by atoms with E-state index in [4.69, 9.17) is 4.74 Å². The van der Waals surface area contributed by atoms with Gasteiger partial charge in [0.2, 0.25) is 0 Å². The molecule has 1 fully saturated rings. The highest BCUT2D eigenvalue weighted by Crippen LogP contribution is 2.48. The summed E-state index contributed by atoms with van der Waals surface area (Å²) in [5.74, 6) is -0.986. The molecule has 2 atom stereocenters. The van der Waals surface area contributed by atoms with Crippen LogP contribution in [0.1, 0.15) is 34.7 Å². The van der Waals surface area contributed by atoms with E-state index in [9.17, 15) is 22.8 Å². The van der Waals surface area contributed by atoms with Gasteiger partial charge >= 0.3 is 12.1 Å². The lowest BCUT2D eigenvalue weighted by molar-refractivity contribution is -0.146. The maximum atomic E-state index is 12.6. The molecule has 1 aromatic carbocycles. The number of hydrogen-bond acceptors (Lipinski definition) is 4. The van der Waals surface area contributed by atoms with Crippen molar-refractivity contribution in [3.63, 3.8) is 0 Å². The van der Waals surface area contributed by atoms with Crippen molar-refractivity contribution < 1.29 is 22.7 Å². The maximum Gasteiger partial charge on any atom is 0.416 e. The average molecular weight is 402 g/mol. The van der Waals surface area contributed by atoms with E-state index in [1.165, 1.54) is 22.6 Å². The van der Waals surface area contributed by atoms with Crippen molar-refractivity contribution in [3.05, 3.63) is 81.4 Å². The Morgan fingerprint density at radius 1 is 1.21 bits per heavy atom. The monoisotopic (exact) mass is 402 g/mol. The lowest BCUT2D eigenvalue weighted by Crippen LogP contribution is -2.17. The minimum Gasteiger partial charge on any atom is -0.459 e. The molecule has 1 aliphatic rings. The van der Waals surface area contributed by atoms with Crippen molar-refractivity contribution in [1.82, 2.24) is 9.38 Å². The third-order valence-corrected chi connectivity index (χ3v) is 4.98. The molecule has 2 heterocycles. The molecule has 5 nitrogen and oxygen atoms in total. The lowest BCUT2D eigenvalue weighted by Gasteiger charge is -2.08. The Morgan fingerprint density at radius 3 is 2.62 bits per heavy atom. The lowest BCUT2D eigenvalue weighted by atomic mass is 10.1. The van der Waals surface area contributed by atoms with Crippen molar-refractivity contribution in [1.29, 1.82) is 0 Å². The smallest absolute Gasteiger partial charge is 0.416 e. The molecule has 0 saturated heterocycles. The highest BCUT2D eigenvalue weighted by atomic mass is 19.4. The molecule has 1 aliphatic carbocycles. The molecule has 0 bridgehead atoms. The number of nitrogens with zero attached hydrogens (tertiary/aromatic N) is 2. The zero-order chi connectivity index (χ0) is 20.8. The third kappa shape index (κ3) is 4.01. The number of aryl methyl sites for hydroxylation is 1. The van der Waals surface area contributed by atoms with Gasteiger partial charge in [-0.05, 0) is 48.6 Å². The Bertz CT molecular complexity index is 1140. The number of carbonyl (C=O) groups is 1. The van der Waals surface area contributed by atoms with E-state index in [0.717, 1.165) is 17.7 Å². The molecule has 3 aromatic rings. The SMILES string of the molecule is Cc1ccc2nc(COC(=O)C3CC3c3ccc(C(F)(F)F)cc3)cc(=O)n2c1. The van der Waals surface area contributed by atoms with E-state index in [2.05, 4.69) is 4.98 Å². The van der Waals surface area contributed by atoms with Crippen molar-refractivity contribution in [2.45, 2.75) is 32.0 Å². The second-order valence-electron chi connectivity index (χ2n) is 7.20. The minimum atomic E-state index is -4.38. The van der Waals surface area contributed by atoms with Crippen LogP contribution in [-0.2, 0) is 22.3 Å². The molecule has 2 unspecified atom stereocenters. The quantitative estimate of drug-likeness (QED) is 0.622. The van der Waals surface area contributed by atoms with Crippen LogP contribution in [0, 0.1) is 12.8 Å². The number of fused-ring (bicyclic) bond motifs is 1. The number of benzene rings is 1. The van der Waals surface area contributed by atoms with Gasteiger partial charge in [0.05, 0.1) is 17.2 Å². The summed E-state index contributed by atoms with van der Waals surface area (Å²) in [6, 6.07) is 9.69. The topological polar surface area (TPSA) is 60.7 Å². The van der Waals surface area contributed by atoms with Gasteiger partial charge in [0.15, 0.2) is 0 Å². The average Bonchev–Trinajstić information content (AvgIpc) is 3.47. The number of ether oxygens (including phenoxy) is 1. The predicted octanol–water partition coefficient (Wildman–Crippen LogP) is 3.87. The van der Waals surface area contributed by atoms with Crippen LogP contribution >= 0.6 is 0 Å². The van der Waals surface area contributed by atoms with Gasteiger partial charge in [0, 0.05) is 12.3 Å². The van der Waals surface area contributed by atoms with Crippen molar-refractivity contribution in [3.8, 4) is 0 Å². The van der Waals surface area contributed by atoms with Gasteiger partial charge in [-0.25, -0.2) is 4.98 Å². The van der Waals surface area contributed by atoms with Gasteiger partial charge in [-0.15, -0.1) is 0 Å². The first-order valence-electron chi connectivity index (χ1n) is 9.05. The molecular formula is C21H17F3N2O3. The first-order chi connectivity index (χ1) is 13.7. The summed E-state index contributed by atoms with van der Waals surface area (Å²) in [5.41, 5.74) is 1.42. The van der Waals surface area contributed by atoms with Gasteiger partial charge in [-0.2, -0.15) is 13.2 Å². The molecule has 0 radical (unpaired) electrons. The van der Waals surface area contributed by atoms with Gasteiger partial charge < -0.3 is 4.74 Å². The zero-order valence-electron chi connectivity index (χ0n) is 15.4. The van der Waals surface area contributed by atoms with Crippen LogP contribution < -0.4 is 5.56 Å². The maximum absolute atomic E-state index is 12.6. The highest BCUT2D eigenvalue weighted by molar-refractivity contribution is 5.77. The van der Waals surface area contributed by atoms with Crippen molar-refractivity contribution in [2.75, 3.05) is 0 Å². The van der Waals surface area contributed by atoms with Crippen LogP contribution in [-0.4, -0.2) is 15.4 Å². The van der Waals surface area contributed by atoms with E-state index in [0.29, 0.717) is 23.3 Å². The Labute approximate surface area is 163 Å². The highest BCUT2D eigenvalue weighted by Gasteiger charge is 2.45. The Morgan fingerprint density at radius 2 is 1.93 bits per heavy atom. The molecule has 29 heavy (non-hydrogen) atoms. The molecule has 150 valence electrons. The van der Waals surface area contributed by atoms with Crippen molar-refractivity contribution >= 4 is 11.6 Å². The summed E-state index contributed by atoms with van der Waals surface area (Å²) in [7, 11) is 0. The van der Waals surface area contributed by atoms with Gasteiger partial charge in [0.1, 0.15) is 12.3 Å². The standard InChI is InChI=1S/C21H17F3N2O3/c1-12-2-7-18-25-15(8-19(27)26(18)10-12)11-29-20(28)17-9-16(17)13-3-5-14(6-4-13)21(22,23)24/h2-8,10,16-17H,9,11H2,1H3. The van der Waals surface area contributed by atoms with Crippen LogP contribution in [0.4, 0.5) is 13.2 Å². The van der Waals surface area contributed by atoms with Crippen LogP contribution in [0.15, 0.2) is 53.5 Å². The molecule has 4 rings (SSSR count). The van der Waals surface area contributed by atoms with E-state index in [1.807, 2.05) is 13.0 Å². The zero-order valence-corrected chi connectivity index (χ0v) is 15.4. The Hall–Kier alpha value is -3.16. The first-order valence-corrected chi connectivity index (χ1v) is 9.05. The summed E-state index contributed by atoms with van der Waals surface area (Å²) < 4.78 is 44.6. The molecule has 1 saturated carbocycles. The third-order valence-electron chi connectivity index (χ3n) is 4.98. The number of halogens is 3. The largest absolute Gasteiger partial charge is 0.459 e. The summed E-state index contributed by atoms with van der Waals surface area (Å²) >= 11 is 0. The summed E-state index contributed by atoms with van der Waals surface area (Å²) in [5, 5.41) is 0. The van der Waals surface area contributed by atoms with Gasteiger partial charge in [-0.3, -0.25) is 14.0 Å². The van der Waals surface area contributed by atoms with E-state index >= 15 is 0 Å². The Kier molecular flexibility index (Phi) is 4.64. The second-order valence-corrected chi connectivity index (χ2v) is 7.20. The van der Waals surface area contributed by atoms with Crippen molar-refractivity contribution in [2.24, 2.45) is 5.92 Å². The van der Waals surface area contributed by atoms with E-state index in [1.54, 1.807) is 12.3 Å². The normalized spacial score (nSPS) is 18.6. The fraction of sp³-hybridized carbons (Fsp3) is 0.286. The van der Waals surface area contributed by atoms with Crippen LogP contribution in [0.2, 0.25) is 0 Å². The number of carbonyl (C=O) groups excluding carboxylic acids is 1.